The number of benzene rings is 1. The molecule has 0 radical (unpaired) electrons. The van der Waals surface area contributed by atoms with Gasteiger partial charge in [-0.05, 0) is 59.9 Å². The van der Waals surface area contributed by atoms with Gasteiger partial charge in [0.15, 0.2) is 0 Å². The number of rotatable bonds is 2. The molecule has 108 valence electrons. The summed E-state index contributed by atoms with van der Waals surface area (Å²) in [6, 6.07) is 6.10. The summed E-state index contributed by atoms with van der Waals surface area (Å²) in [5.74, 6) is -0.00837. The van der Waals surface area contributed by atoms with E-state index >= 15 is 0 Å². The number of nitrogens with one attached hydrogen (secondary N) is 1. The normalized spacial score (nSPS) is 26.3. The Morgan fingerprint density at radius 3 is 2.95 bits per heavy atom. The summed E-state index contributed by atoms with van der Waals surface area (Å²) in [6.07, 6.45) is 4.83. The van der Waals surface area contributed by atoms with Crippen LogP contribution in [0, 0.1) is 0 Å². The fourth-order valence-corrected chi connectivity index (χ4v) is 4.20. The minimum absolute atomic E-state index is 0.00837. The van der Waals surface area contributed by atoms with Crippen molar-refractivity contribution in [3.63, 3.8) is 0 Å². The zero-order valence-electron chi connectivity index (χ0n) is 11.2. The molecule has 0 bridgehead atoms. The van der Waals surface area contributed by atoms with Gasteiger partial charge in [-0.2, -0.15) is 0 Å². The summed E-state index contributed by atoms with van der Waals surface area (Å²) in [4.78, 5) is 14.9. The predicted molar refractivity (Wildman–Crippen MR) is 84.2 cm³/mol. The van der Waals surface area contributed by atoms with Crippen LogP contribution in [0.25, 0.3) is 0 Å². The summed E-state index contributed by atoms with van der Waals surface area (Å²) in [5, 5.41) is 3.83. The molecular weight excluding hydrogens is 340 g/mol. The SMILES string of the molecule is O=C(NC1CCN2CCCCC12)c1ccc(Cl)cc1Br. The molecule has 2 unspecified atom stereocenters. The Hall–Kier alpha value is -0.580. The fourth-order valence-electron chi connectivity index (χ4n) is 3.34. The van der Waals surface area contributed by atoms with E-state index in [1.165, 1.54) is 25.8 Å². The van der Waals surface area contributed by atoms with Crippen LogP contribution in [0.4, 0.5) is 0 Å². The first kappa shape index (κ1) is 14.4. The van der Waals surface area contributed by atoms with E-state index in [0.29, 0.717) is 16.6 Å². The van der Waals surface area contributed by atoms with Crippen molar-refractivity contribution in [2.24, 2.45) is 0 Å². The van der Waals surface area contributed by atoms with Crippen LogP contribution in [0.1, 0.15) is 36.0 Å². The maximum absolute atomic E-state index is 12.4. The maximum atomic E-state index is 12.4. The number of halogens is 2. The molecule has 1 N–H and O–H groups in total. The van der Waals surface area contributed by atoms with Crippen LogP contribution in [0.5, 0.6) is 0 Å². The van der Waals surface area contributed by atoms with E-state index in [4.69, 9.17) is 11.6 Å². The maximum Gasteiger partial charge on any atom is 0.252 e. The molecule has 20 heavy (non-hydrogen) atoms. The Balaban J connectivity index is 1.69. The van der Waals surface area contributed by atoms with Crippen LogP contribution in [0.15, 0.2) is 22.7 Å². The Morgan fingerprint density at radius 1 is 1.30 bits per heavy atom. The molecule has 1 aromatic rings. The van der Waals surface area contributed by atoms with Crippen molar-refractivity contribution in [1.29, 1.82) is 0 Å². The number of carbonyl (C=O) groups excluding carboxylic acids is 1. The van der Waals surface area contributed by atoms with Crippen LogP contribution in [0.3, 0.4) is 0 Å². The zero-order valence-corrected chi connectivity index (χ0v) is 13.6. The number of piperidine rings is 1. The molecule has 0 aromatic heterocycles. The highest BCUT2D eigenvalue weighted by Gasteiger charge is 2.36. The second-order valence-corrected chi connectivity index (χ2v) is 6.88. The van der Waals surface area contributed by atoms with Crippen LogP contribution >= 0.6 is 27.5 Å². The number of hydrogen-bond donors (Lipinski definition) is 1. The van der Waals surface area contributed by atoms with E-state index < -0.39 is 0 Å². The number of fused-ring (bicyclic) bond motifs is 1. The lowest BCUT2D eigenvalue weighted by molar-refractivity contribution is 0.0914. The molecular formula is C15H18BrClN2O. The molecule has 1 amide bonds. The van der Waals surface area contributed by atoms with Crippen LogP contribution in [-0.4, -0.2) is 36.0 Å². The zero-order chi connectivity index (χ0) is 14.1. The second kappa shape index (κ2) is 6.04. The van der Waals surface area contributed by atoms with Gasteiger partial charge in [-0.3, -0.25) is 9.69 Å². The Bertz CT molecular complexity index is 523. The van der Waals surface area contributed by atoms with Crippen molar-refractivity contribution in [3.05, 3.63) is 33.3 Å². The summed E-state index contributed by atoms with van der Waals surface area (Å²) in [7, 11) is 0. The highest BCUT2D eigenvalue weighted by molar-refractivity contribution is 9.10. The second-order valence-electron chi connectivity index (χ2n) is 5.59. The summed E-state index contributed by atoms with van der Waals surface area (Å²) in [6.45, 7) is 2.29. The molecule has 3 rings (SSSR count). The average molecular weight is 358 g/mol. The molecule has 2 atom stereocenters. The van der Waals surface area contributed by atoms with Gasteiger partial charge in [0.2, 0.25) is 0 Å². The smallest absolute Gasteiger partial charge is 0.252 e. The average Bonchev–Trinajstić information content (AvgIpc) is 2.82. The Morgan fingerprint density at radius 2 is 2.15 bits per heavy atom. The van der Waals surface area contributed by atoms with Gasteiger partial charge in [0.05, 0.1) is 5.56 Å². The van der Waals surface area contributed by atoms with E-state index in [-0.39, 0.29) is 11.9 Å². The molecule has 0 aliphatic carbocycles. The first-order valence-electron chi connectivity index (χ1n) is 7.15. The quantitative estimate of drug-likeness (QED) is 0.879. The largest absolute Gasteiger partial charge is 0.348 e. The Kier molecular flexibility index (Phi) is 4.34. The van der Waals surface area contributed by atoms with E-state index in [1.807, 2.05) is 0 Å². The molecule has 2 heterocycles. The predicted octanol–water partition coefficient (Wildman–Crippen LogP) is 3.46. The van der Waals surface area contributed by atoms with Crippen molar-refractivity contribution in [2.45, 2.75) is 37.8 Å². The highest BCUT2D eigenvalue weighted by atomic mass is 79.9. The molecule has 2 aliphatic heterocycles. The minimum atomic E-state index is -0.00837. The third-order valence-electron chi connectivity index (χ3n) is 4.35. The lowest BCUT2D eigenvalue weighted by atomic mass is 9.99. The van der Waals surface area contributed by atoms with Crippen molar-refractivity contribution >= 4 is 33.4 Å². The lowest BCUT2D eigenvalue weighted by Gasteiger charge is -2.32. The molecule has 5 heteroatoms. The van der Waals surface area contributed by atoms with Gasteiger partial charge >= 0.3 is 0 Å². The van der Waals surface area contributed by atoms with Gasteiger partial charge in [0, 0.05) is 28.1 Å². The lowest BCUT2D eigenvalue weighted by Crippen LogP contribution is -2.46. The van der Waals surface area contributed by atoms with Crippen molar-refractivity contribution in [3.8, 4) is 0 Å². The molecule has 2 saturated heterocycles. The standard InChI is InChI=1S/C15H18BrClN2O/c16-12-9-10(17)4-5-11(12)15(20)18-13-6-8-19-7-2-1-3-14(13)19/h4-5,9,13-14H,1-3,6-8H2,(H,18,20). The molecule has 3 nitrogen and oxygen atoms in total. The molecule has 0 spiro atoms. The van der Waals surface area contributed by atoms with Gasteiger partial charge < -0.3 is 5.32 Å². The van der Waals surface area contributed by atoms with Crippen molar-refractivity contribution in [1.82, 2.24) is 10.2 Å². The van der Waals surface area contributed by atoms with Gasteiger partial charge in [0.25, 0.3) is 5.91 Å². The minimum Gasteiger partial charge on any atom is -0.348 e. The fraction of sp³-hybridized carbons (Fsp3) is 0.533. The van der Waals surface area contributed by atoms with E-state index in [1.54, 1.807) is 18.2 Å². The number of nitrogens with zero attached hydrogens (tertiary/aromatic N) is 1. The first-order chi connectivity index (χ1) is 9.65. The van der Waals surface area contributed by atoms with E-state index in [9.17, 15) is 4.79 Å². The summed E-state index contributed by atoms with van der Waals surface area (Å²) < 4.78 is 0.751. The topological polar surface area (TPSA) is 32.3 Å². The van der Waals surface area contributed by atoms with Crippen molar-refractivity contribution < 1.29 is 4.79 Å². The molecule has 2 aliphatic rings. The highest BCUT2D eigenvalue weighted by Crippen LogP contribution is 2.28. The van der Waals surface area contributed by atoms with Crippen LogP contribution in [-0.2, 0) is 0 Å². The summed E-state index contributed by atoms with van der Waals surface area (Å²) in [5.41, 5.74) is 0.656. The molecule has 0 saturated carbocycles. The van der Waals surface area contributed by atoms with Gasteiger partial charge in [-0.25, -0.2) is 0 Å². The van der Waals surface area contributed by atoms with Gasteiger partial charge in [0.1, 0.15) is 0 Å². The van der Waals surface area contributed by atoms with Crippen molar-refractivity contribution in [2.75, 3.05) is 13.1 Å². The van der Waals surface area contributed by atoms with Gasteiger partial charge in [-0.15, -0.1) is 0 Å². The first-order valence-corrected chi connectivity index (χ1v) is 8.32. The number of hydrogen-bond acceptors (Lipinski definition) is 2. The number of carbonyl (C=O) groups is 1. The monoisotopic (exact) mass is 356 g/mol. The van der Waals surface area contributed by atoms with E-state index in [0.717, 1.165) is 17.4 Å². The Labute approximate surface area is 132 Å². The van der Waals surface area contributed by atoms with Gasteiger partial charge in [-0.1, -0.05) is 18.0 Å². The van der Waals surface area contributed by atoms with E-state index in [2.05, 4.69) is 26.1 Å². The third kappa shape index (κ3) is 2.87. The summed E-state index contributed by atoms with van der Waals surface area (Å²) >= 11 is 9.32. The third-order valence-corrected chi connectivity index (χ3v) is 5.24. The molecule has 2 fully saturated rings. The number of amides is 1. The molecule has 1 aromatic carbocycles. The van der Waals surface area contributed by atoms with Crippen LogP contribution < -0.4 is 5.32 Å². The van der Waals surface area contributed by atoms with Crippen LogP contribution in [0.2, 0.25) is 5.02 Å².